The van der Waals surface area contributed by atoms with Crippen LogP contribution in [0.25, 0.3) is 0 Å². The molecule has 6 nitrogen and oxygen atoms in total. The normalized spacial score (nSPS) is 17.9. The van der Waals surface area contributed by atoms with Gasteiger partial charge in [-0.05, 0) is 36.9 Å². The van der Waals surface area contributed by atoms with Crippen molar-refractivity contribution in [1.29, 1.82) is 0 Å². The lowest BCUT2D eigenvalue weighted by molar-refractivity contribution is 0.319. The first-order chi connectivity index (χ1) is 13.5. The van der Waals surface area contributed by atoms with Crippen molar-refractivity contribution in [1.82, 2.24) is 25.0 Å². The van der Waals surface area contributed by atoms with Crippen LogP contribution >= 0.6 is 11.8 Å². The van der Waals surface area contributed by atoms with Gasteiger partial charge < -0.3 is 14.8 Å². The minimum absolute atomic E-state index is 0.593. The van der Waals surface area contributed by atoms with E-state index in [1.54, 1.807) is 11.8 Å². The molecule has 1 aromatic rings. The average molecular weight is 409 g/mol. The third-order valence-corrected chi connectivity index (χ3v) is 6.50. The number of rotatable bonds is 10. The van der Waals surface area contributed by atoms with Gasteiger partial charge in [-0.15, -0.1) is 10.2 Å². The van der Waals surface area contributed by atoms with E-state index in [2.05, 4.69) is 63.9 Å². The number of nitrogens with one attached hydrogen (secondary N) is 1. The maximum Gasteiger partial charge on any atom is 0.193 e. The van der Waals surface area contributed by atoms with Gasteiger partial charge in [-0.2, -0.15) is 0 Å². The highest BCUT2D eigenvalue weighted by molar-refractivity contribution is 7.98. The number of hydrogen-bond donors (Lipinski definition) is 1. The molecule has 1 fully saturated rings. The van der Waals surface area contributed by atoms with Crippen LogP contribution in [0, 0.1) is 17.8 Å². The van der Waals surface area contributed by atoms with Gasteiger partial charge in [0.2, 0.25) is 0 Å². The molecule has 2 rings (SSSR count). The average Bonchev–Trinajstić information content (AvgIpc) is 3.30. The molecule has 1 unspecified atom stereocenters. The van der Waals surface area contributed by atoms with Crippen molar-refractivity contribution in [3.05, 3.63) is 5.82 Å². The smallest absolute Gasteiger partial charge is 0.193 e. The molecule has 1 N–H and O–H groups in total. The Hall–Kier alpha value is -1.24. The van der Waals surface area contributed by atoms with E-state index in [4.69, 9.17) is 0 Å². The van der Waals surface area contributed by atoms with Crippen LogP contribution in [0.5, 0.6) is 0 Å². The van der Waals surface area contributed by atoms with Crippen molar-refractivity contribution in [3.8, 4) is 0 Å². The molecule has 0 saturated carbocycles. The van der Waals surface area contributed by atoms with Gasteiger partial charge in [-0.25, -0.2) is 0 Å². The van der Waals surface area contributed by atoms with Crippen molar-refractivity contribution >= 4 is 17.7 Å². The molecule has 0 spiro atoms. The molecule has 0 bridgehead atoms. The molecule has 0 amide bonds. The fraction of sp³-hybridized carbons (Fsp3) is 0.857. The monoisotopic (exact) mass is 408 g/mol. The Morgan fingerprint density at radius 3 is 2.64 bits per heavy atom. The molecular weight excluding hydrogens is 368 g/mol. The quantitative estimate of drug-likeness (QED) is 0.275. The Balaban J connectivity index is 1.82. The number of aryl methyl sites for hydroxylation is 1. The highest BCUT2D eigenvalue weighted by Crippen LogP contribution is 2.28. The Morgan fingerprint density at radius 2 is 2.04 bits per heavy atom. The molecular formula is C21H40N6S. The fourth-order valence-corrected chi connectivity index (χ4v) is 4.82. The first kappa shape index (κ1) is 23.0. The third-order valence-electron chi connectivity index (χ3n) is 5.84. The second kappa shape index (κ2) is 11.7. The lowest BCUT2D eigenvalue weighted by Crippen LogP contribution is -2.40. The van der Waals surface area contributed by atoms with E-state index in [-0.39, 0.29) is 0 Å². The first-order valence-electron chi connectivity index (χ1n) is 11.0. The zero-order chi connectivity index (χ0) is 20.5. The molecule has 1 atom stereocenters. The van der Waals surface area contributed by atoms with Gasteiger partial charge in [0.1, 0.15) is 5.82 Å². The highest BCUT2D eigenvalue weighted by atomic mass is 32.2. The van der Waals surface area contributed by atoms with Gasteiger partial charge in [0, 0.05) is 39.6 Å². The van der Waals surface area contributed by atoms with Crippen molar-refractivity contribution in [3.63, 3.8) is 0 Å². The maximum atomic E-state index is 4.53. The second-order valence-electron chi connectivity index (χ2n) is 8.26. The summed E-state index contributed by atoms with van der Waals surface area (Å²) in [5.41, 5.74) is 0. The van der Waals surface area contributed by atoms with Gasteiger partial charge in [0.05, 0.1) is 0 Å². The molecule has 1 saturated heterocycles. The molecule has 160 valence electrons. The number of guanidine groups is 1. The van der Waals surface area contributed by atoms with Crippen LogP contribution in [-0.4, -0.2) is 58.6 Å². The van der Waals surface area contributed by atoms with Crippen LogP contribution in [0.1, 0.15) is 59.2 Å². The van der Waals surface area contributed by atoms with Gasteiger partial charge in [0.15, 0.2) is 11.1 Å². The molecule has 0 aromatic carbocycles. The maximum absolute atomic E-state index is 4.53. The summed E-state index contributed by atoms with van der Waals surface area (Å²) in [6, 6.07) is 0. The SMILES string of the molecule is CCC(CC)C1CCN(C(=NC)NCCCc2nnc(SC)n2CC(C)C)C1. The Morgan fingerprint density at radius 1 is 1.29 bits per heavy atom. The molecule has 28 heavy (non-hydrogen) atoms. The standard InChI is InChI=1S/C21H40N6S/c1-7-17(8-2)18-11-13-26(15-18)20(22-5)23-12-9-10-19-24-25-21(28-6)27(19)14-16(3)4/h16-18H,7-15H2,1-6H3,(H,22,23). The number of aliphatic imine (C=N–C) groups is 1. The van der Waals surface area contributed by atoms with E-state index >= 15 is 0 Å². The van der Waals surface area contributed by atoms with Crippen LogP contribution in [-0.2, 0) is 13.0 Å². The van der Waals surface area contributed by atoms with E-state index in [1.807, 2.05) is 7.05 Å². The third kappa shape index (κ3) is 6.13. The van der Waals surface area contributed by atoms with Crippen LogP contribution in [0.4, 0.5) is 0 Å². The summed E-state index contributed by atoms with van der Waals surface area (Å²) < 4.78 is 2.28. The van der Waals surface area contributed by atoms with E-state index in [0.717, 1.165) is 67.8 Å². The predicted molar refractivity (Wildman–Crippen MR) is 120 cm³/mol. The van der Waals surface area contributed by atoms with Gasteiger partial charge in [-0.1, -0.05) is 52.3 Å². The van der Waals surface area contributed by atoms with Crippen molar-refractivity contribution in [2.75, 3.05) is 32.9 Å². The van der Waals surface area contributed by atoms with E-state index < -0.39 is 0 Å². The molecule has 2 heterocycles. The van der Waals surface area contributed by atoms with Crippen molar-refractivity contribution in [2.45, 2.75) is 71.5 Å². The predicted octanol–water partition coefficient (Wildman–Crippen LogP) is 3.92. The summed E-state index contributed by atoms with van der Waals surface area (Å²) in [5.74, 6) is 4.41. The van der Waals surface area contributed by atoms with Crippen molar-refractivity contribution in [2.24, 2.45) is 22.7 Å². The fourth-order valence-electron chi connectivity index (χ4n) is 4.30. The minimum Gasteiger partial charge on any atom is -0.356 e. The zero-order valence-electron chi connectivity index (χ0n) is 18.7. The highest BCUT2D eigenvalue weighted by Gasteiger charge is 2.29. The largest absolute Gasteiger partial charge is 0.356 e. The van der Waals surface area contributed by atoms with Gasteiger partial charge in [-0.3, -0.25) is 4.99 Å². The lowest BCUT2D eigenvalue weighted by atomic mass is 9.87. The molecule has 1 aliphatic rings. The number of nitrogens with zero attached hydrogens (tertiary/aromatic N) is 5. The Bertz CT molecular complexity index is 608. The first-order valence-corrected chi connectivity index (χ1v) is 12.2. The molecule has 1 aliphatic heterocycles. The summed E-state index contributed by atoms with van der Waals surface area (Å²) in [6.45, 7) is 13.3. The molecule has 7 heteroatoms. The number of thioether (sulfide) groups is 1. The number of likely N-dealkylation sites (tertiary alicyclic amines) is 1. The van der Waals surface area contributed by atoms with Crippen LogP contribution in [0.3, 0.4) is 0 Å². The van der Waals surface area contributed by atoms with Crippen molar-refractivity contribution < 1.29 is 0 Å². The van der Waals surface area contributed by atoms with Crippen LogP contribution in [0.15, 0.2) is 10.1 Å². The number of aromatic nitrogens is 3. The topological polar surface area (TPSA) is 58.3 Å². The molecule has 0 aliphatic carbocycles. The van der Waals surface area contributed by atoms with Gasteiger partial charge in [0.25, 0.3) is 0 Å². The Kier molecular flexibility index (Phi) is 9.62. The Labute approximate surface area is 176 Å². The lowest BCUT2D eigenvalue weighted by Gasteiger charge is -2.24. The molecule has 0 radical (unpaired) electrons. The van der Waals surface area contributed by atoms with Crippen LogP contribution in [0.2, 0.25) is 0 Å². The molecule has 1 aromatic heterocycles. The van der Waals surface area contributed by atoms with E-state index in [1.165, 1.54) is 19.3 Å². The van der Waals surface area contributed by atoms with E-state index in [9.17, 15) is 0 Å². The summed E-state index contributed by atoms with van der Waals surface area (Å²) in [5, 5.41) is 13.4. The summed E-state index contributed by atoms with van der Waals surface area (Å²) in [7, 11) is 1.90. The zero-order valence-corrected chi connectivity index (χ0v) is 19.6. The van der Waals surface area contributed by atoms with Gasteiger partial charge >= 0.3 is 0 Å². The summed E-state index contributed by atoms with van der Waals surface area (Å²) >= 11 is 1.68. The second-order valence-corrected chi connectivity index (χ2v) is 9.03. The van der Waals surface area contributed by atoms with Crippen LogP contribution < -0.4 is 5.32 Å². The van der Waals surface area contributed by atoms with E-state index in [0.29, 0.717) is 5.92 Å². The number of hydrogen-bond acceptors (Lipinski definition) is 4. The summed E-state index contributed by atoms with van der Waals surface area (Å²) in [6.07, 6.45) is 7.92. The minimum atomic E-state index is 0.593. The summed E-state index contributed by atoms with van der Waals surface area (Å²) in [4.78, 5) is 6.97.